The van der Waals surface area contributed by atoms with Crippen LogP contribution in [0.15, 0.2) is 24.3 Å². The smallest absolute Gasteiger partial charge is 0.252 e. The Morgan fingerprint density at radius 3 is 2.79 bits per heavy atom. The van der Waals surface area contributed by atoms with Crippen molar-refractivity contribution in [1.82, 2.24) is 5.32 Å². The zero-order valence-electron chi connectivity index (χ0n) is 7.96. The second-order valence-electron chi connectivity index (χ2n) is 3.09. The zero-order valence-corrected chi connectivity index (χ0v) is 10.1. The number of rotatable bonds is 3. The summed E-state index contributed by atoms with van der Waals surface area (Å²) in [7, 11) is 0. The van der Waals surface area contributed by atoms with Crippen LogP contribution in [0.1, 0.15) is 17.3 Å². The van der Waals surface area contributed by atoms with Crippen LogP contribution in [0.5, 0.6) is 0 Å². The fourth-order valence-electron chi connectivity index (χ4n) is 1.01. The lowest BCUT2D eigenvalue weighted by molar-refractivity contribution is 0.0940. The monoisotopic (exact) mass is 304 g/mol. The molecule has 3 N–H and O–H groups in total. The van der Waals surface area contributed by atoms with E-state index in [9.17, 15) is 4.79 Å². The number of nitrogens with two attached hydrogens (primary N) is 1. The SMILES string of the molecule is CC(CN)NC(=O)c1ccccc1I. The van der Waals surface area contributed by atoms with Gasteiger partial charge in [0.15, 0.2) is 0 Å². The fraction of sp³-hybridized carbons (Fsp3) is 0.300. The zero-order chi connectivity index (χ0) is 10.6. The summed E-state index contributed by atoms with van der Waals surface area (Å²) in [6.45, 7) is 2.34. The molecule has 14 heavy (non-hydrogen) atoms. The quantitative estimate of drug-likeness (QED) is 0.829. The van der Waals surface area contributed by atoms with Gasteiger partial charge in [0.25, 0.3) is 5.91 Å². The van der Waals surface area contributed by atoms with Crippen molar-refractivity contribution in [3.05, 3.63) is 33.4 Å². The lowest BCUT2D eigenvalue weighted by Crippen LogP contribution is -2.38. The molecule has 0 aliphatic carbocycles. The molecule has 76 valence electrons. The summed E-state index contributed by atoms with van der Waals surface area (Å²) in [4.78, 5) is 11.7. The maximum absolute atomic E-state index is 11.7. The van der Waals surface area contributed by atoms with Crippen molar-refractivity contribution in [3.8, 4) is 0 Å². The molecule has 1 rings (SSSR count). The van der Waals surface area contributed by atoms with Gasteiger partial charge in [0.1, 0.15) is 0 Å². The van der Waals surface area contributed by atoms with Crippen molar-refractivity contribution in [2.75, 3.05) is 6.54 Å². The fourth-order valence-corrected chi connectivity index (χ4v) is 1.64. The highest BCUT2D eigenvalue weighted by atomic mass is 127. The van der Waals surface area contributed by atoms with Gasteiger partial charge in [-0.2, -0.15) is 0 Å². The third-order valence-corrected chi connectivity index (χ3v) is 2.79. The van der Waals surface area contributed by atoms with Crippen LogP contribution >= 0.6 is 22.6 Å². The average Bonchev–Trinajstić information content (AvgIpc) is 2.18. The number of hydrogen-bond acceptors (Lipinski definition) is 2. The van der Waals surface area contributed by atoms with Gasteiger partial charge in [-0.15, -0.1) is 0 Å². The molecule has 0 fully saturated rings. The molecular weight excluding hydrogens is 291 g/mol. The average molecular weight is 304 g/mol. The Morgan fingerprint density at radius 2 is 2.21 bits per heavy atom. The van der Waals surface area contributed by atoms with Gasteiger partial charge in [-0.05, 0) is 41.6 Å². The molecule has 1 aromatic rings. The molecule has 1 amide bonds. The number of hydrogen-bond donors (Lipinski definition) is 2. The first-order valence-corrected chi connectivity index (χ1v) is 5.48. The van der Waals surface area contributed by atoms with Crippen LogP contribution in [-0.2, 0) is 0 Å². The molecule has 0 saturated carbocycles. The van der Waals surface area contributed by atoms with E-state index < -0.39 is 0 Å². The van der Waals surface area contributed by atoms with E-state index in [1.54, 1.807) is 6.07 Å². The van der Waals surface area contributed by atoms with Gasteiger partial charge in [-0.3, -0.25) is 4.79 Å². The predicted molar refractivity (Wildman–Crippen MR) is 65.1 cm³/mol. The van der Waals surface area contributed by atoms with Gasteiger partial charge in [-0.25, -0.2) is 0 Å². The second-order valence-corrected chi connectivity index (χ2v) is 4.25. The van der Waals surface area contributed by atoms with Crippen molar-refractivity contribution >= 4 is 28.5 Å². The first kappa shape index (κ1) is 11.5. The largest absolute Gasteiger partial charge is 0.348 e. The van der Waals surface area contributed by atoms with Crippen molar-refractivity contribution in [2.45, 2.75) is 13.0 Å². The Morgan fingerprint density at radius 1 is 1.57 bits per heavy atom. The van der Waals surface area contributed by atoms with Crippen LogP contribution in [0.3, 0.4) is 0 Å². The number of amides is 1. The molecule has 1 aromatic carbocycles. The van der Waals surface area contributed by atoms with Crippen molar-refractivity contribution in [3.63, 3.8) is 0 Å². The van der Waals surface area contributed by atoms with Crippen LogP contribution in [-0.4, -0.2) is 18.5 Å². The molecule has 0 aliphatic rings. The summed E-state index contributed by atoms with van der Waals surface area (Å²) >= 11 is 2.14. The topological polar surface area (TPSA) is 55.1 Å². The lowest BCUT2D eigenvalue weighted by atomic mass is 10.2. The minimum atomic E-state index is -0.0621. The van der Waals surface area contributed by atoms with Gasteiger partial charge in [0.05, 0.1) is 5.56 Å². The predicted octanol–water partition coefficient (Wildman–Crippen LogP) is 1.37. The number of nitrogens with one attached hydrogen (secondary N) is 1. The molecular formula is C10H13IN2O. The molecule has 4 heteroatoms. The summed E-state index contributed by atoms with van der Waals surface area (Å²) in [6.07, 6.45) is 0. The van der Waals surface area contributed by atoms with E-state index >= 15 is 0 Å². The highest BCUT2D eigenvalue weighted by Crippen LogP contribution is 2.11. The molecule has 0 aromatic heterocycles. The Balaban J connectivity index is 2.75. The third-order valence-electron chi connectivity index (χ3n) is 1.85. The Kier molecular flexibility index (Phi) is 4.34. The summed E-state index contributed by atoms with van der Waals surface area (Å²) in [5.74, 6) is -0.0621. The van der Waals surface area contributed by atoms with E-state index in [4.69, 9.17) is 5.73 Å². The summed E-state index contributed by atoms with van der Waals surface area (Å²) in [5.41, 5.74) is 6.12. The van der Waals surface area contributed by atoms with Crippen molar-refractivity contribution in [2.24, 2.45) is 5.73 Å². The first-order valence-electron chi connectivity index (χ1n) is 4.40. The standard InChI is InChI=1S/C10H13IN2O/c1-7(6-12)13-10(14)8-4-2-3-5-9(8)11/h2-5,7H,6,12H2,1H3,(H,13,14). The molecule has 1 unspecified atom stereocenters. The van der Waals surface area contributed by atoms with Crippen LogP contribution in [0.4, 0.5) is 0 Å². The van der Waals surface area contributed by atoms with E-state index in [2.05, 4.69) is 27.9 Å². The molecule has 1 atom stereocenters. The highest BCUT2D eigenvalue weighted by molar-refractivity contribution is 14.1. The minimum absolute atomic E-state index is 0.0125. The second kappa shape index (κ2) is 5.31. The lowest BCUT2D eigenvalue weighted by Gasteiger charge is -2.11. The van der Waals surface area contributed by atoms with Crippen molar-refractivity contribution in [1.29, 1.82) is 0 Å². The van der Waals surface area contributed by atoms with Crippen LogP contribution in [0, 0.1) is 3.57 Å². The molecule has 3 nitrogen and oxygen atoms in total. The maximum atomic E-state index is 11.7. The van der Waals surface area contributed by atoms with Crippen LogP contribution in [0.2, 0.25) is 0 Å². The van der Waals surface area contributed by atoms with E-state index in [-0.39, 0.29) is 11.9 Å². The van der Waals surface area contributed by atoms with Gasteiger partial charge < -0.3 is 11.1 Å². The van der Waals surface area contributed by atoms with Crippen molar-refractivity contribution < 1.29 is 4.79 Å². The molecule has 0 heterocycles. The Bertz CT molecular complexity index is 328. The van der Waals surface area contributed by atoms with E-state index in [0.29, 0.717) is 12.1 Å². The highest BCUT2D eigenvalue weighted by Gasteiger charge is 2.10. The molecule has 0 spiro atoms. The molecule has 0 aliphatic heterocycles. The number of carbonyl (C=O) groups is 1. The Hall–Kier alpha value is -0.620. The molecule has 0 saturated heterocycles. The number of carbonyl (C=O) groups excluding carboxylic acids is 1. The number of benzene rings is 1. The van der Waals surface area contributed by atoms with E-state index in [0.717, 1.165) is 3.57 Å². The number of halogens is 1. The summed E-state index contributed by atoms with van der Waals surface area (Å²) in [5, 5.41) is 2.82. The van der Waals surface area contributed by atoms with E-state index in [1.165, 1.54) is 0 Å². The Labute approximate surface area is 97.2 Å². The summed E-state index contributed by atoms with van der Waals surface area (Å²) in [6, 6.07) is 7.48. The molecule has 0 radical (unpaired) electrons. The van der Waals surface area contributed by atoms with Crippen LogP contribution < -0.4 is 11.1 Å². The van der Waals surface area contributed by atoms with E-state index in [1.807, 2.05) is 25.1 Å². The summed E-state index contributed by atoms with van der Waals surface area (Å²) < 4.78 is 0.951. The van der Waals surface area contributed by atoms with Gasteiger partial charge in [-0.1, -0.05) is 12.1 Å². The van der Waals surface area contributed by atoms with Gasteiger partial charge in [0.2, 0.25) is 0 Å². The third kappa shape index (κ3) is 2.95. The van der Waals surface area contributed by atoms with Gasteiger partial charge >= 0.3 is 0 Å². The van der Waals surface area contributed by atoms with Crippen LogP contribution in [0.25, 0.3) is 0 Å². The normalized spacial score (nSPS) is 12.2. The van der Waals surface area contributed by atoms with Gasteiger partial charge in [0, 0.05) is 16.2 Å². The first-order chi connectivity index (χ1) is 6.65. The minimum Gasteiger partial charge on any atom is -0.348 e. The maximum Gasteiger partial charge on any atom is 0.252 e. The molecule has 0 bridgehead atoms.